The van der Waals surface area contributed by atoms with Gasteiger partial charge in [0.2, 0.25) is 5.16 Å². The van der Waals surface area contributed by atoms with E-state index in [1.54, 1.807) is 0 Å². The van der Waals surface area contributed by atoms with Crippen LogP contribution in [0.4, 0.5) is 4.39 Å². The summed E-state index contributed by atoms with van der Waals surface area (Å²) in [6, 6.07) is 5.70. The number of thioether (sulfide) groups is 1. The average molecular weight is 298 g/mol. The predicted molar refractivity (Wildman–Crippen MR) is 68.1 cm³/mol. The Hall–Kier alpha value is -2.16. The summed E-state index contributed by atoms with van der Waals surface area (Å²) in [5.41, 5.74) is 0. The Kier molecular flexibility index (Phi) is 4.88. The lowest BCUT2D eigenvalue weighted by atomic mass is 10.3. The molecule has 0 spiro atoms. The smallest absolute Gasteiger partial charge is 0.325 e. The van der Waals surface area contributed by atoms with Crippen LogP contribution in [0.1, 0.15) is 0 Å². The van der Waals surface area contributed by atoms with E-state index in [4.69, 9.17) is 9.84 Å². The van der Waals surface area contributed by atoms with Crippen molar-refractivity contribution in [1.29, 1.82) is 0 Å². The van der Waals surface area contributed by atoms with Gasteiger partial charge in [0.05, 0.1) is 6.61 Å². The molecule has 0 atom stereocenters. The van der Waals surface area contributed by atoms with E-state index in [-0.39, 0.29) is 12.4 Å². The van der Waals surface area contributed by atoms with Crippen LogP contribution >= 0.6 is 11.8 Å². The van der Waals surface area contributed by atoms with Crippen LogP contribution in [0.15, 0.2) is 29.4 Å². The molecule has 0 bridgehead atoms. The van der Waals surface area contributed by atoms with Crippen molar-refractivity contribution in [2.24, 2.45) is 0 Å². The first-order chi connectivity index (χ1) is 9.65. The lowest BCUT2D eigenvalue weighted by Gasteiger charge is -2.05. The van der Waals surface area contributed by atoms with E-state index in [1.807, 2.05) is 0 Å². The van der Waals surface area contributed by atoms with Gasteiger partial charge in [0, 0.05) is 5.75 Å². The number of carboxylic acids is 1. The minimum Gasteiger partial charge on any atom is -0.493 e. The van der Waals surface area contributed by atoms with Gasteiger partial charge < -0.3 is 9.84 Å². The van der Waals surface area contributed by atoms with Crippen LogP contribution in [0.5, 0.6) is 5.75 Å². The standard InChI is InChI=1S/C11H11FN4O3S/c12-8-1-3-9(4-2-8)19-5-6-20-11-13-14-15-16(11)7-10(17)18/h1-4H,5-7H2,(H,17,18). The number of hydrogen-bond donors (Lipinski definition) is 1. The summed E-state index contributed by atoms with van der Waals surface area (Å²) in [7, 11) is 0. The summed E-state index contributed by atoms with van der Waals surface area (Å²) in [5.74, 6) is -0.226. The molecule has 0 radical (unpaired) electrons. The SMILES string of the molecule is O=C(O)Cn1nnnc1SCCOc1ccc(F)cc1. The van der Waals surface area contributed by atoms with E-state index < -0.39 is 5.97 Å². The number of ether oxygens (including phenoxy) is 1. The molecule has 0 saturated carbocycles. The first kappa shape index (κ1) is 14.3. The number of nitrogens with zero attached hydrogens (tertiary/aromatic N) is 4. The Balaban J connectivity index is 1.77. The average Bonchev–Trinajstić information content (AvgIpc) is 2.83. The highest BCUT2D eigenvalue weighted by molar-refractivity contribution is 7.99. The zero-order chi connectivity index (χ0) is 14.4. The van der Waals surface area contributed by atoms with Gasteiger partial charge in [-0.05, 0) is 34.7 Å². The maximum atomic E-state index is 12.7. The molecule has 1 N–H and O–H groups in total. The van der Waals surface area contributed by atoms with E-state index in [2.05, 4.69) is 15.5 Å². The van der Waals surface area contributed by atoms with Gasteiger partial charge in [-0.3, -0.25) is 4.79 Å². The van der Waals surface area contributed by atoms with Crippen molar-refractivity contribution >= 4 is 17.7 Å². The molecule has 9 heteroatoms. The lowest BCUT2D eigenvalue weighted by molar-refractivity contribution is -0.138. The molecule has 0 aliphatic heterocycles. The molecule has 7 nitrogen and oxygen atoms in total. The Morgan fingerprint density at radius 2 is 2.15 bits per heavy atom. The zero-order valence-electron chi connectivity index (χ0n) is 10.3. The molecule has 0 amide bonds. The molecule has 0 saturated heterocycles. The fourth-order valence-corrected chi connectivity index (χ4v) is 2.04. The van der Waals surface area contributed by atoms with Crippen LogP contribution in [-0.4, -0.2) is 43.6 Å². The van der Waals surface area contributed by atoms with Crippen LogP contribution in [0, 0.1) is 5.82 Å². The molecule has 1 heterocycles. The number of carboxylic acid groups (broad SMARTS) is 1. The van der Waals surface area contributed by atoms with Crippen molar-refractivity contribution in [1.82, 2.24) is 20.2 Å². The normalized spacial score (nSPS) is 10.4. The maximum absolute atomic E-state index is 12.7. The number of benzene rings is 1. The predicted octanol–water partition coefficient (Wildman–Crippen LogP) is 1.07. The first-order valence-corrected chi connectivity index (χ1v) is 6.63. The Morgan fingerprint density at radius 3 is 2.85 bits per heavy atom. The maximum Gasteiger partial charge on any atom is 0.325 e. The van der Waals surface area contributed by atoms with Crippen LogP contribution in [0.3, 0.4) is 0 Å². The second-order valence-electron chi connectivity index (χ2n) is 3.66. The summed E-state index contributed by atoms with van der Waals surface area (Å²) in [5, 5.41) is 19.8. The lowest BCUT2D eigenvalue weighted by Crippen LogP contribution is -2.12. The number of halogens is 1. The number of hydrogen-bond acceptors (Lipinski definition) is 6. The molecule has 106 valence electrons. The fraction of sp³-hybridized carbons (Fsp3) is 0.273. The highest BCUT2D eigenvalue weighted by Gasteiger charge is 2.09. The van der Waals surface area contributed by atoms with Crippen molar-refractivity contribution < 1.29 is 19.0 Å². The molecular formula is C11H11FN4O3S. The van der Waals surface area contributed by atoms with Crippen molar-refractivity contribution in [3.63, 3.8) is 0 Å². The van der Waals surface area contributed by atoms with Gasteiger partial charge in [-0.1, -0.05) is 11.8 Å². The van der Waals surface area contributed by atoms with E-state index in [9.17, 15) is 9.18 Å². The van der Waals surface area contributed by atoms with Crippen molar-refractivity contribution in [3.8, 4) is 5.75 Å². The molecule has 2 rings (SSSR count). The Morgan fingerprint density at radius 1 is 1.40 bits per heavy atom. The first-order valence-electron chi connectivity index (χ1n) is 5.64. The van der Waals surface area contributed by atoms with Crippen LogP contribution in [-0.2, 0) is 11.3 Å². The molecule has 2 aromatic rings. The third-order valence-corrected chi connectivity index (χ3v) is 3.10. The summed E-state index contributed by atoms with van der Waals surface area (Å²) >= 11 is 1.28. The Labute approximate surface area is 117 Å². The summed E-state index contributed by atoms with van der Waals surface area (Å²) in [6.45, 7) is 0.0877. The topological polar surface area (TPSA) is 90.1 Å². The van der Waals surface area contributed by atoms with E-state index in [1.165, 1.54) is 40.7 Å². The third kappa shape index (κ3) is 4.19. The van der Waals surface area contributed by atoms with E-state index in [0.717, 1.165) is 0 Å². The number of rotatable bonds is 7. The molecule has 0 aliphatic carbocycles. The minimum atomic E-state index is -1.01. The number of carbonyl (C=O) groups is 1. The molecule has 0 unspecified atom stereocenters. The molecule has 0 fully saturated rings. The minimum absolute atomic E-state index is 0.284. The van der Waals surface area contributed by atoms with Gasteiger partial charge in [-0.2, -0.15) is 0 Å². The molecule has 20 heavy (non-hydrogen) atoms. The van der Waals surface area contributed by atoms with Gasteiger partial charge in [-0.15, -0.1) is 5.10 Å². The highest BCUT2D eigenvalue weighted by atomic mass is 32.2. The number of tetrazole rings is 1. The molecule has 1 aromatic carbocycles. The fourth-order valence-electron chi connectivity index (χ4n) is 1.35. The molecule has 0 aliphatic rings. The van der Waals surface area contributed by atoms with Gasteiger partial charge >= 0.3 is 5.97 Å². The quantitative estimate of drug-likeness (QED) is 0.604. The van der Waals surface area contributed by atoms with Gasteiger partial charge in [0.25, 0.3) is 0 Å². The van der Waals surface area contributed by atoms with Gasteiger partial charge in [0.1, 0.15) is 18.1 Å². The van der Waals surface area contributed by atoms with E-state index in [0.29, 0.717) is 23.3 Å². The monoisotopic (exact) mass is 298 g/mol. The largest absolute Gasteiger partial charge is 0.493 e. The van der Waals surface area contributed by atoms with Crippen LogP contribution in [0.2, 0.25) is 0 Å². The summed E-state index contributed by atoms with van der Waals surface area (Å²) in [6.07, 6.45) is 0. The third-order valence-electron chi connectivity index (χ3n) is 2.18. The second kappa shape index (κ2) is 6.85. The van der Waals surface area contributed by atoms with E-state index >= 15 is 0 Å². The molecule has 1 aromatic heterocycles. The van der Waals surface area contributed by atoms with Crippen LogP contribution < -0.4 is 4.74 Å². The molecular weight excluding hydrogens is 287 g/mol. The second-order valence-corrected chi connectivity index (χ2v) is 4.73. The number of aliphatic carboxylic acids is 1. The Bertz CT molecular complexity index is 575. The van der Waals surface area contributed by atoms with Crippen molar-refractivity contribution in [2.45, 2.75) is 11.7 Å². The number of aromatic nitrogens is 4. The van der Waals surface area contributed by atoms with Gasteiger partial charge in [-0.25, -0.2) is 9.07 Å². The van der Waals surface area contributed by atoms with Crippen molar-refractivity contribution in [3.05, 3.63) is 30.1 Å². The highest BCUT2D eigenvalue weighted by Crippen LogP contribution is 2.15. The summed E-state index contributed by atoms with van der Waals surface area (Å²) < 4.78 is 19.3. The van der Waals surface area contributed by atoms with Crippen LogP contribution in [0.25, 0.3) is 0 Å². The van der Waals surface area contributed by atoms with Gasteiger partial charge in [0.15, 0.2) is 0 Å². The summed E-state index contributed by atoms with van der Waals surface area (Å²) in [4.78, 5) is 10.6. The zero-order valence-corrected chi connectivity index (χ0v) is 11.1. The van der Waals surface area contributed by atoms with Crippen molar-refractivity contribution in [2.75, 3.05) is 12.4 Å².